The van der Waals surface area contributed by atoms with E-state index in [2.05, 4.69) is 54.7 Å². The van der Waals surface area contributed by atoms with Gasteiger partial charge < -0.3 is 19.6 Å². The number of hydrogen-bond donors (Lipinski definition) is 3. The van der Waals surface area contributed by atoms with Crippen molar-refractivity contribution < 1.29 is 9.22 Å². The van der Waals surface area contributed by atoms with Crippen molar-refractivity contribution in [3.63, 3.8) is 0 Å². The Kier molecular flexibility index (Phi) is 8.39. The lowest BCUT2D eigenvalue weighted by molar-refractivity contribution is -0.118. The van der Waals surface area contributed by atoms with Crippen LogP contribution in [0, 0.1) is 0 Å². The van der Waals surface area contributed by atoms with Crippen LogP contribution in [0.1, 0.15) is 34.1 Å². The number of H-pyrrole nitrogens is 1. The Balaban J connectivity index is 1.87. The smallest absolute Gasteiger partial charge is 0.216 e. The molecule has 3 N–H and O–H groups in total. The number of rotatable bonds is 10. The average Bonchev–Trinajstić information content (AvgIpc) is 3.38. The monoisotopic (exact) mass is 523 g/mol. The second-order valence-corrected chi connectivity index (χ2v) is 15.6. The molecule has 0 fully saturated rings. The molecule has 0 bridgehead atoms. The number of carbonyl (C=O) groups is 1. The van der Waals surface area contributed by atoms with Crippen LogP contribution in [-0.2, 0) is 15.8 Å². The van der Waals surface area contributed by atoms with Crippen LogP contribution in [0.5, 0.6) is 0 Å². The van der Waals surface area contributed by atoms with E-state index >= 15 is 0 Å². The van der Waals surface area contributed by atoms with Gasteiger partial charge in [0.2, 0.25) is 5.91 Å². The molecule has 186 valence electrons. The third-order valence-electron chi connectivity index (χ3n) is 6.48. The number of carbonyl (C=O) groups excluding carboxylic acids is 1. The summed E-state index contributed by atoms with van der Waals surface area (Å²) in [6.45, 7) is 15.3. The zero-order valence-corrected chi connectivity index (χ0v) is 23.3. The van der Waals surface area contributed by atoms with Gasteiger partial charge in [-0.25, -0.2) is 0 Å². The van der Waals surface area contributed by atoms with Crippen LogP contribution >= 0.6 is 23.2 Å². The Labute approximate surface area is 212 Å². The van der Waals surface area contributed by atoms with E-state index in [1.54, 1.807) is 6.20 Å². The van der Waals surface area contributed by atoms with E-state index < -0.39 is 8.32 Å². The second-order valence-electron chi connectivity index (χ2n) is 10.0. The molecule has 3 rings (SSSR count). The van der Waals surface area contributed by atoms with Gasteiger partial charge in [0.1, 0.15) is 0 Å². The molecule has 0 aliphatic rings. The van der Waals surface area contributed by atoms with E-state index in [0.717, 1.165) is 40.7 Å². The number of aromatic amines is 1. The standard InChI is InChI=1S/C24H35Cl2N5O2Si/c1-16(32)27-9-10-31-15-18(17-13-29-30-14-17)21-20(12-19(25)22(26)23(21)31)28-8-7-11-33-34(5,6)24(2,3)4/h12-15,28H,7-11H2,1-6H3,(H,27,32)(H,29,30). The Morgan fingerprint density at radius 3 is 2.62 bits per heavy atom. The topological polar surface area (TPSA) is 84.0 Å². The number of fused-ring (bicyclic) bond motifs is 1. The molecular formula is C24H35Cl2N5O2Si. The summed E-state index contributed by atoms with van der Waals surface area (Å²) in [5.41, 5.74) is 3.68. The molecule has 34 heavy (non-hydrogen) atoms. The normalized spacial score (nSPS) is 12.4. The summed E-state index contributed by atoms with van der Waals surface area (Å²) >= 11 is 13.2. The summed E-state index contributed by atoms with van der Waals surface area (Å²) < 4.78 is 8.35. The van der Waals surface area contributed by atoms with Crippen molar-refractivity contribution in [1.29, 1.82) is 0 Å². The fraction of sp³-hybridized carbons (Fsp3) is 0.500. The van der Waals surface area contributed by atoms with Gasteiger partial charge in [-0.05, 0) is 30.6 Å². The lowest BCUT2D eigenvalue weighted by Crippen LogP contribution is -2.41. The molecule has 0 unspecified atom stereocenters. The van der Waals surface area contributed by atoms with Gasteiger partial charge in [-0.1, -0.05) is 44.0 Å². The first-order valence-corrected chi connectivity index (χ1v) is 15.2. The maximum Gasteiger partial charge on any atom is 0.216 e. The van der Waals surface area contributed by atoms with Crippen molar-refractivity contribution in [2.75, 3.05) is 25.0 Å². The largest absolute Gasteiger partial charge is 0.417 e. The molecule has 3 aromatic rings. The highest BCUT2D eigenvalue weighted by Gasteiger charge is 2.36. The SMILES string of the molecule is CC(=O)NCCn1cc(-c2cn[nH]c2)c2c(NCCCO[Si](C)(C)C(C)(C)C)cc(Cl)c(Cl)c21. The van der Waals surface area contributed by atoms with Crippen LogP contribution in [0.25, 0.3) is 22.0 Å². The first kappa shape index (κ1) is 26.6. The van der Waals surface area contributed by atoms with Crippen molar-refractivity contribution in [2.45, 2.75) is 58.8 Å². The Morgan fingerprint density at radius 2 is 2.00 bits per heavy atom. The molecule has 10 heteroatoms. The highest BCUT2D eigenvalue weighted by molar-refractivity contribution is 6.74. The van der Waals surface area contributed by atoms with E-state index in [1.165, 1.54) is 6.92 Å². The first-order chi connectivity index (χ1) is 15.9. The van der Waals surface area contributed by atoms with Crippen LogP contribution in [0.3, 0.4) is 0 Å². The van der Waals surface area contributed by atoms with Gasteiger partial charge >= 0.3 is 0 Å². The highest BCUT2D eigenvalue weighted by Crippen LogP contribution is 2.42. The van der Waals surface area contributed by atoms with Crippen molar-refractivity contribution >= 4 is 54.0 Å². The Bertz CT molecular complexity index is 1140. The molecule has 2 aromatic heterocycles. The molecule has 0 spiro atoms. The van der Waals surface area contributed by atoms with E-state index in [9.17, 15) is 4.79 Å². The van der Waals surface area contributed by atoms with Crippen molar-refractivity contribution in [3.05, 3.63) is 34.7 Å². The molecular weight excluding hydrogens is 489 g/mol. The molecule has 0 aliphatic heterocycles. The fourth-order valence-electron chi connectivity index (χ4n) is 3.56. The van der Waals surface area contributed by atoms with Crippen LogP contribution < -0.4 is 10.6 Å². The number of amides is 1. The average molecular weight is 525 g/mol. The zero-order valence-electron chi connectivity index (χ0n) is 20.8. The molecule has 7 nitrogen and oxygen atoms in total. The molecule has 0 atom stereocenters. The number of aromatic nitrogens is 3. The minimum Gasteiger partial charge on any atom is -0.417 e. The second kappa shape index (κ2) is 10.7. The van der Waals surface area contributed by atoms with Gasteiger partial charge in [0, 0.05) is 67.8 Å². The van der Waals surface area contributed by atoms with Gasteiger partial charge in [-0.3, -0.25) is 9.89 Å². The van der Waals surface area contributed by atoms with Gasteiger partial charge in [0.25, 0.3) is 0 Å². The van der Waals surface area contributed by atoms with Crippen LogP contribution in [0.15, 0.2) is 24.7 Å². The molecule has 0 radical (unpaired) electrons. The molecule has 2 heterocycles. The molecule has 0 saturated heterocycles. The van der Waals surface area contributed by atoms with Gasteiger partial charge in [-0.15, -0.1) is 0 Å². The number of nitrogens with zero attached hydrogens (tertiary/aromatic N) is 2. The van der Waals surface area contributed by atoms with Crippen LogP contribution in [-0.4, -0.2) is 48.7 Å². The number of hydrogen-bond acceptors (Lipinski definition) is 4. The van der Waals surface area contributed by atoms with Gasteiger partial charge in [0.15, 0.2) is 8.32 Å². The van der Waals surface area contributed by atoms with Crippen molar-refractivity contribution in [2.24, 2.45) is 0 Å². The van der Waals surface area contributed by atoms with Crippen molar-refractivity contribution in [3.8, 4) is 11.1 Å². The maximum atomic E-state index is 11.4. The molecule has 1 amide bonds. The third kappa shape index (κ3) is 5.97. The Hall–Kier alpha value is -2.00. The van der Waals surface area contributed by atoms with Crippen molar-refractivity contribution in [1.82, 2.24) is 20.1 Å². The van der Waals surface area contributed by atoms with E-state index in [-0.39, 0.29) is 10.9 Å². The predicted octanol–water partition coefficient (Wildman–Crippen LogP) is 6.30. The fourth-order valence-corrected chi connectivity index (χ4v) is 5.11. The number of benzene rings is 1. The third-order valence-corrected chi connectivity index (χ3v) is 11.8. The lowest BCUT2D eigenvalue weighted by Gasteiger charge is -2.36. The lowest BCUT2D eigenvalue weighted by atomic mass is 10.1. The van der Waals surface area contributed by atoms with E-state index in [4.69, 9.17) is 27.6 Å². The van der Waals surface area contributed by atoms with E-state index in [0.29, 0.717) is 29.7 Å². The van der Waals surface area contributed by atoms with Crippen LogP contribution in [0.2, 0.25) is 28.2 Å². The molecule has 0 aliphatic carbocycles. The van der Waals surface area contributed by atoms with E-state index in [1.807, 2.05) is 23.0 Å². The predicted molar refractivity (Wildman–Crippen MR) is 144 cm³/mol. The zero-order chi connectivity index (χ0) is 25.1. The van der Waals surface area contributed by atoms with Gasteiger partial charge in [-0.2, -0.15) is 5.10 Å². The summed E-state index contributed by atoms with van der Waals surface area (Å²) in [4.78, 5) is 11.4. The maximum absolute atomic E-state index is 11.4. The summed E-state index contributed by atoms with van der Waals surface area (Å²) in [6, 6.07) is 1.88. The summed E-state index contributed by atoms with van der Waals surface area (Å²) in [6.07, 6.45) is 6.54. The summed E-state index contributed by atoms with van der Waals surface area (Å²) in [5.74, 6) is -0.0714. The minimum atomic E-state index is -1.77. The number of halogens is 2. The molecule has 1 aromatic carbocycles. The summed E-state index contributed by atoms with van der Waals surface area (Å²) in [7, 11) is -1.77. The quantitative estimate of drug-likeness (QED) is 0.215. The Morgan fingerprint density at radius 1 is 1.26 bits per heavy atom. The first-order valence-electron chi connectivity index (χ1n) is 11.5. The van der Waals surface area contributed by atoms with Crippen LogP contribution in [0.4, 0.5) is 5.69 Å². The number of nitrogens with one attached hydrogen (secondary N) is 3. The number of anilines is 1. The van der Waals surface area contributed by atoms with Gasteiger partial charge in [0.05, 0.1) is 21.8 Å². The molecule has 0 saturated carbocycles. The summed E-state index contributed by atoms with van der Waals surface area (Å²) in [5, 5.41) is 15.5. The highest BCUT2D eigenvalue weighted by atomic mass is 35.5. The minimum absolute atomic E-state index is 0.0714.